The van der Waals surface area contributed by atoms with Crippen LogP contribution in [0.5, 0.6) is 0 Å². The third kappa shape index (κ3) is 3.11. The third-order valence-electron chi connectivity index (χ3n) is 4.64. The van der Waals surface area contributed by atoms with Crippen molar-refractivity contribution in [2.75, 3.05) is 18.0 Å². The minimum Gasteiger partial charge on any atom is -0.477 e. The number of amides is 2. The summed E-state index contributed by atoms with van der Waals surface area (Å²) in [5, 5.41) is 10.9. The summed E-state index contributed by atoms with van der Waals surface area (Å²) in [6.45, 7) is 1.17. The summed E-state index contributed by atoms with van der Waals surface area (Å²) in [5.41, 5.74) is 1.83. The summed E-state index contributed by atoms with van der Waals surface area (Å²) in [7, 11) is 0. The molecule has 1 fully saturated rings. The molecule has 1 aromatic heterocycles. The van der Waals surface area contributed by atoms with Crippen LogP contribution in [0.3, 0.4) is 0 Å². The Balaban J connectivity index is 1.71. The van der Waals surface area contributed by atoms with Gasteiger partial charge in [-0.05, 0) is 24.3 Å². The molecule has 0 saturated carbocycles. The molecule has 0 atom stereocenters. The second kappa shape index (κ2) is 6.79. The SMILES string of the molecule is O=C(O)c1[nH]c2cc(Cl)cc(Cl)c2c1CN1CCN(c2ccccc2)C1=O. The number of nitrogens with one attached hydrogen (secondary N) is 1. The lowest BCUT2D eigenvalue weighted by atomic mass is 10.1. The number of hydrogen-bond donors (Lipinski definition) is 2. The Morgan fingerprint density at radius 2 is 1.89 bits per heavy atom. The number of aromatic nitrogens is 1. The number of hydrogen-bond acceptors (Lipinski definition) is 2. The lowest BCUT2D eigenvalue weighted by Gasteiger charge is -2.19. The molecular weight excluding hydrogens is 389 g/mol. The van der Waals surface area contributed by atoms with Gasteiger partial charge in [0.15, 0.2) is 0 Å². The van der Waals surface area contributed by atoms with Crippen LogP contribution in [0, 0.1) is 0 Å². The molecule has 1 aliphatic rings. The zero-order valence-corrected chi connectivity index (χ0v) is 15.6. The number of halogens is 2. The Morgan fingerprint density at radius 3 is 2.59 bits per heavy atom. The number of H-pyrrole nitrogens is 1. The smallest absolute Gasteiger partial charge is 0.352 e. The number of anilines is 1. The van der Waals surface area contributed by atoms with Crippen molar-refractivity contribution in [2.45, 2.75) is 6.54 Å². The van der Waals surface area contributed by atoms with Gasteiger partial charge in [-0.25, -0.2) is 9.59 Å². The second-order valence-electron chi connectivity index (χ2n) is 6.29. The van der Waals surface area contributed by atoms with E-state index in [2.05, 4.69) is 4.98 Å². The van der Waals surface area contributed by atoms with Crippen molar-refractivity contribution in [3.05, 3.63) is 63.8 Å². The summed E-state index contributed by atoms with van der Waals surface area (Å²) >= 11 is 12.3. The molecule has 4 rings (SSSR count). The van der Waals surface area contributed by atoms with Crippen molar-refractivity contribution >= 4 is 51.8 Å². The number of rotatable bonds is 4. The summed E-state index contributed by atoms with van der Waals surface area (Å²) in [4.78, 5) is 30.7. The number of carbonyl (C=O) groups excluding carboxylic acids is 1. The van der Waals surface area contributed by atoms with Gasteiger partial charge in [-0.3, -0.25) is 4.90 Å². The summed E-state index contributed by atoms with van der Waals surface area (Å²) < 4.78 is 0. The first-order valence-electron chi connectivity index (χ1n) is 8.30. The van der Waals surface area contributed by atoms with Crippen LogP contribution in [0.15, 0.2) is 42.5 Å². The van der Waals surface area contributed by atoms with E-state index in [0.29, 0.717) is 39.6 Å². The lowest BCUT2D eigenvalue weighted by Crippen LogP contribution is -2.31. The first kappa shape index (κ1) is 17.7. The van der Waals surface area contributed by atoms with E-state index in [-0.39, 0.29) is 18.3 Å². The van der Waals surface area contributed by atoms with Crippen LogP contribution in [-0.2, 0) is 6.54 Å². The molecular formula is C19H15Cl2N3O3. The van der Waals surface area contributed by atoms with Gasteiger partial charge in [-0.15, -0.1) is 0 Å². The Hall–Kier alpha value is -2.70. The highest BCUT2D eigenvalue weighted by Gasteiger charge is 2.31. The van der Waals surface area contributed by atoms with Crippen molar-refractivity contribution in [1.82, 2.24) is 9.88 Å². The maximum Gasteiger partial charge on any atom is 0.352 e. The van der Waals surface area contributed by atoms with E-state index in [4.69, 9.17) is 23.2 Å². The van der Waals surface area contributed by atoms with Gasteiger partial charge < -0.3 is 15.0 Å². The molecule has 2 heterocycles. The van der Waals surface area contributed by atoms with Crippen LogP contribution in [0.25, 0.3) is 10.9 Å². The molecule has 0 bridgehead atoms. The van der Waals surface area contributed by atoms with Crippen LogP contribution >= 0.6 is 23.2 Å². The second-order valence-corrected chi connectivity index (χ2v) is 7.13. The molecule has 8 heteroatoms. The van der Waals surface area contributed by atoms with Crippen molar-refractivity contribution in [3.8, 4) is 0 Å². The van der Waals surface area contributed by atoms with Crippen LogP contribution < -0.4 is 4.90 Å². The van der Waals surface area contributed by atoms with Crippen LogP contribution in [0.1, 0.15) is 16.1 Å². The fraction of sp³-hybridized carbons (Fsp3) is 0.158. The van der Waals surface area contributed by atoms with E-state index in [1.807, 2.05) is 30.3 Å². The minimum absolute atomic E-state index is 0.0140. The minimum atomic E-state index is -1.11. The Labute approximate surface area is 164 Å². The zero-order valence-electron chi connectivity index (χ0n) is 14.1. The highest BCUT2D eigenvalue weighted by atomic mass is 35.5. The molecule has 1 saturated heterocycles. The first-order chi connectivity index (χ1) is 13.0. The molecule has 2 amide bonds. The third-order valence-corrected chi connectivity index (χ3v) is 5.16. The van der Waals surface area contributed by atoms with Crippen molar-refractivity contribution in [1.29, 1.82) is 0 Å². The van der Waals surface area contributed by atoms with Crippen LogP contribution in [0.4, 0.5) is 10.5 Å². The van der Waals surface area contributed by atoms with Crippen LogP contribution in [0.2, 0.25) is 10.0 Å². The fourth-order valence-corrected chi connectivity index (χ4v) is 4.03. The molecule has 1 aliphatic heterocycles. The highest BCUT2D eigenvalue weighted by molar-refractivity contribution is 6.39. The number of aromatic carboxylic acids is 1. The molecule has 6 nitrogen and oxygen atoms in total. The molecule has 138 valence electrons. The van der Waals surface area contributed by atoms with Crippen LogP contribution in [-0.4, -0.2) is 40.1 Å². The van der Waals surface area contributed by atoms with E-state index in [1.54, 1.807) is 21.9 Å². The van der Waals surface area contributed by atoms with Crippen molar-refractivity contribution < 1.29 is 14.7 Å². The van der Waals surface area contributed by atoms with Gasteiger partial charge in [-0.1, -0.05) is 41.4 Å². The number of fused-ring (bicyclic) bond motifs is 1. The van der Waals surface area contributed by atoms with E-state index in [9.17, 15) is 14.7 Å². The Kier molecular flexibility index (Phi) is 4.45. The van der Waals surface area contributed by atoms with Gasteiger partial charge >= 0.3 is 12.0 Å². The number of benzene rings is 2. The van der Waals surface area contributed by atoms with E-state index in [0.717, 1.165) is 5.69 Å². The molecule has 2 aromatic carbocycles. The lowest BCUT2D eigenvalue weighted by molar-refractivity contribution is 0.0689. The standard InChI is InChI=1S/C19H15Cl2N3O3/c20-11-8-14(21)16-13(17(18(25)26)22-15(16)9-11)10-23-6-7-24(19(23)27)12-4-2-1-3-5-12/h1-5,8-9,22H,6-7,10H2,(H,25,26). The molecule has 2 N–H and O–H groups in total. The van der Waals surface area contributed by atoms with Gasteiger partial charge in [0.1, 0.15) is 5.69 Å². The molecule has 27 heavy (non-hydrogen) atoms. The number of aromatic amines is 1. The normalized spacial score (nSPS) is 14.4. The quantitative estimate of drug-likeness (QED) is 0.667. The highest BCUT2D eigenvalue weighted by Crippen LogP contribution is 2.34. The number of para-hydroxylation sites is 1. The van der Waals surface area contributed by atoms with Crippen molar-refractivity contribution in [3.63, 3.8) is 0 Å². The zero-order chi connectivity index (χ0) is 19.1. The van der Waals surface area contributed by atoms with Crippen molar-refractivity contribution in [2.24, 2.45) is 0 Å². The molecule has 0 radical (unpaired) electrons. The van der Waals surface area contributed by atoms with E-state index in [1.165, 1.54) is 0 Å². The summed E-state index contributed by atoms with van der Waals surface area (Å²) in [6.07, 6.45) is 0. The fourth-order valence-electron chi connectivity index (χ4n) is 3.42. The van der Waals surface area contributed by atoms with Gasteiger partial charge in [0.05, 0.1) is 11.6 Å². The average Bonchev–Trinajstić information content (AvgIpc) is 3.17. The van der Waals surface area contributed by atoms with E-state index < -0.39 is 5.97 Å². The average molecular weight is 404 g/mol. The monoisotopic (exact) mass is 403 g/mol. The van der Waals surface area contributed by atoms with Gasteiger partial charge in [0.2, 0.25) is 0 Å². The van der Waals surface area contributed by atoms with Gasteiger partial charge in [0, 0.05) is 40.3 Å². The Bertz CT molecular complexity index is 1050. The number of carboxylic acids is 1. The molecule has 0 spiro atoms. The summed E-state index contributed by atoms with van der Waals surface area (Å²) in [5.74, 6) is -1.11. The van der Waals surface area contributed by atoms with E-state index >= 15 is 0 Å². The first-order valence-corrected chi connectivity index (χ1v) is 9.05. The predicted octanol–water partition coefficient (Wildman–Crippen LogP) is 4.62. The topological polar surface area (TPSA) is 76.6 Å². The van der Waals surface area contributed by atoms with Gasteiger partial charge in [0.25, 0.3) is 0 Å². The molecule has 3 aromatic rings. The summed E-state index contributed by atoms with van der Waals surface area (Å²) in [6, 6.07) is 12.4. The number of nitrogens with zero attached hydrogens (tertiary/aromatic N) is 2. The molecule has 0 aliphatic carbocycles. The maximum absolute atomic E-state index is 12.8. The Morgan fingerprint density at radius 1 is 1.15 bits per heavy atom. The number of carbonyl (C=O) groups is 2. The molecule has 0 unspecified atom stereocenters. The predicted molar refractivity (Wildman–Crippen MR) is 105 cm³/mol. The van der Waals surface area contributed by atoms with Gasteiger partial charge in [-0.2, -0.15) is 0 Å². The number of urea groups is 1. The maximum atomic E-state index is 12.8. The number of carboxylic acid groups (broad SMARTS) is 1. The largest absolute Gasteiger partial charge is 0.477 e.